The van der Waals surface area contributed by atoms with E-state index in [0.717, 1.165) is 33.2 Å². The Morgan fingerprint density at radius 2 is 1.02 bits per heavy atom. The summed E-state index contributed by atoms with van der Waals surface area (Å²) < 4.78 is 2.24. The van der Waals surface area contributed by atoms with E-state index in [4.69, 9.17) is 9.97 Å². The summed E-state index contributed by atoms with van der Waals surface area (Å²) in [5.74, 6) is 0.675. The van der Waals surface area contributed by atoms with Crippen LogP contribution in [0.3, 0.4) is 0 Å². The first-order chi connectivity index (χ1) is 22.3. The first kappa shape index (κ1) is 24.4. The van der Waals surface area contributed by atoms with Crippen molar-refractivity contribution in [2.24, 2.45) is 0 Å². The first-order valence-electron chi connectivity index (χ1n) is 15.3. The smallest absolute Gasteiger partial charge is 0.235 e. The second-order valence-electron chi connectivity index (χ2n) is 11.8. The van der Waals surface area contributed by atoms with Gasteiger partial charge >= 0.3 is 0 Å². The van der Waals surface area contributed by atoms with Crippen LogP contribution in [0.5, 0.6) is 0 Å². The second kappa shape index (κ2) is 9.22. The highest BCUT2D eigenvalue weighted by atomic mass is 15.2. The fourth-order valence-corrected chi connectivity index (χ4v) is 7.32. The lowest BCUT2D eigenvalue weighted by atomic mass is 9.94. The van der Waals surface area contributed by atoms with Crippen LogP contribution in [0.1, 0.15) is 0 Å². The van der Waals surface area contributed by atoms with E-state index in [0.29, 0.717) is 5.95 Å². The maximum Gasteiger partial charge on any atom is 0.235 e. The van der Waals surface area contributed by atoms with Crippen LogP contribution in [-0.4, -0.2) is 14.5 Å². The van der Waals surface area contributed by atoms with Crippen LogP contribution in [0, 0.1) is 0 Å². The van der Waals surface area contributed by atoms with Gasteiger partial charge in [-0.05, 0) is 67.4 Å². The van der Waals surface area contributed by atoms with Crippen molar-refractivity contribution in [1.29, 1.82) is 0 Å². The van der Waals surface area contributed by atoms with Gasteiger partial charge in [-0.1, -0.05) is 127 Å². The summed E-state index contributed by atoms with van der Waals surface area (Å²) >= 11 is 0. The number of aromatic nitrogens is 3. The SMILES string of the molecule is c1ccc2cc(-c3nc(-n4c5ccccc5c5c6ccc7ccc8ccccc8c7c6ccc54)nc4ccccc34)ccc2c1. The van der Waals surface area contributed by atoms with Crippen molar-refractivity contribution in [3.8, 4) is 17.2 Å². The van der Waals surface area contributed by atoms with Gasteiger partial charge in [-0.3, -0.25) is 4.57 Å². The molecule has 0 aliphatic carbocycles. The van der Waals surface area contributed by atoms with Gasteiger partial charge in [0.25, 0.3) is 0 Å². The van der Waals surface area contributed by atoms with Crippen molar-refractivity contribution in [2.45, 2.75) is 0 Å². The molecule has 0 unspecified atom stereocenters. The molecule has 2 aromatic heterocycles. The van der Waals surface area contributed by atoms with Crippen LogP contribution >= 0.6 is 0 Å². The summed E-state index contributed by atoms with van der Waals surface area (Å²) in [7, 11) is 0. The van der Waals surface area contributed by atoms with Crippen molar-refractivity contribution in [3.63, 3.8) is 0 Å². The Balaban J connectivity index is 1.31. The Morgan fingerprint density at radius 3 is 1.93 bits per heavy atom. The van der Waals surface area contributed by atoms with Gasteiger partial charge in [0, 0.05) is 21.7 Å². The molecule has 0 aliphatic heterocycles. The Kier molecular flexibility index (Phi) is 5.00. The number of para-hydroxylation sites is 2. The molecule has 10 rings (SSSR count). The molecular weight excluding hydrogens is 546 g/mol. The third-order valence-electron chi connectivity index (χ3n) is 9.35. The van der Waals surface area contributed by atoms with Gasteiger partial charge in [-0.25, -0.2) is 9.97 Å². The summed E-state index contributed by atoms with van der Waals surface area (Å²) in [6.07, 6.45) is 0. The molecule has 0 saturated carbocycles. The standard InChI is InChI=1S/C42H25N3/c1-2-11-29-25-30(20-17-26(29)9-1)41-34-13-5-7-15-36(34)43-42(44-41)45-37-16-8-6-14-35(37)40-33-22-21-28-19-18-27-10-3-4-12-31(27)39(28)32(33)23-24-38(40)45/h1-25H. The van der Waals surface area contributed by atoms with E-state index in [9.17, 15) is 0 Å². The lowest BCUT2D eigenvalue weighted by molar-refractivity contribution is 1.01. The largest absolute Gasteiger partial charge is 0.278 e. The van der Waals surface area contributed by atoms with Crippen molar-refractivity contribution in [3.05, 3.63) is 152 Å². The summed E-state index contributed by atoms with van der Waals surface area (Å²) in [6, 6.07) is 54.3. The average molecular weight is 572 g/mol. The minimum absolute atomic E-state index is 0.675. The third-order valence-corrected chi connectivity index (χ3v) is 9.35. The Morgan fingerprint density at radius 1 is 0.378 bits per heavy atom. The average Bonchev–Trinajstić information content (AvgIpc) is 3.45. The van der Waals surface area contributed by atoms with E-state index in [2.05, 4.69) is 156 Å². The van der Waals surface area contributed by atoms with Crippen molar-refractivity contribution < 1.29 is 0 Å². The maximum absolute atomic E-state index is 5.34. The lowest BCUT2D eigenvalue weighted by Crippen LogP contribution is -2.03. The summed E-state index contributed by atoms with van der Waals surface area (Å²) in [5.41, 5.74) is 5.14. The highest BCUT2D eigenvalue weighted by Crippen LogP contribution is 2.41. The normalized spacial score (nSPS) is 12.0. The highest BCUT2D eigenvalue weighted by molar-refractivity contribution is 6.29. The van der Waals surface area contributed by atoms with Crippen molar-refractivity contribution in [2.75, 3.05) is 0 Å². The van der Waals surface area contributed by atoms with Gasteiger partial charge < -0.3 is 0 Å². The summed E-state index contributed by atoms with van der Waals surface area (Å²) in [6.45, 7) is 0. The van der Waals surface area contributed by atoms with E-state index in [-0.39, 0.29) is 0 Å². The molecule has 2 heterocycles. The number of hydrogen-bond donors (Lipinski definition) is 0. The van der Waals surface area contributed by atoms with Crippen LogP contribution in [0.2, 0.25) is 0 Å². The third kappa shape index (κ3) is 3.52. The molecule has 0 saturated heterocycles. The molecule has 0 amide bonds. The molecule has 0 aliphatic rings. The van der Waals surface area contributed by atoms with Crippen molar-refractivity contribution >= 4 is 75.8 Å². The number of fused-ring (bicyclic) bond motifs is 11. The predicted octanol–water partition coefficient (Wildman–Crippen LogP) is 11.0. The Hall–Kier alpha value is -6.06. The molecule has 0 N–H and O–H groups in total. The van der Waals surface area contributed by atoms with E-state index >= 15 is 0 Å². The Bertz CT molecular complexity index is 2820. The number of benzene rings is 8. The molecule has 0 radical (unpaired) electrons. The lowest BCUT2D eigenvalue weighted by Gasteiger charge is -2.13. The van der Waals surface area contributed by atoms with E-state index in [1.807, 2.05) is 0 Å². The predicted molar refractivity (Wildman–Crippen MR) is 189 cm³/mol. The summed E-state index contributed by atoms with van der Waals surface area (Å²) in [5, 5.41) is 13.5. The molecule has 10 aromatic rings. The first-order valence-corrected chi connectivity index (χ1v) is 15.3. The Labute approximate surface area is 258 Å². The van der Waals surface area contributed by atoms with Gasteiger partial charge in [0.1, 0.15) is 0 Å². The minimum atomic E-state index is 0.675. The van der Waals surface area contributed by atoms with Crippen LogP contribution < -0.4 is 0 Å². The molecule has 208 valence electrons. The van der Waals surface area contributed by atoms with E-state index in [1.165, 1.54) is 53.9 Å². The number of hydrogen-bond acceptors (Lipinski definition) is 2. The number of rotatable bonds is 2. The zero-order valence-electron chi connectivity index (χ0n) is 24.3. The molecule has 0 atom stereocenters. The monoisotopic (exact) mass is 571 g/mol. The van der Waals surface area contributed by atoms with Crippen LogP contribution in [0.4, 0.5) is 0 Å². The van der Waals surface area contributed by atoms with E-state index in [1.54, 1.807) is 0 Å². The van der Waals surface area contributed by atoms with Gasteiger partial charge in [0.05, 0.1) is 22.2 Å². The molecule has 45 heavy (non-hydrogen) atoms. The topological polar surface area (TPSA) is 30.7 Å². The molecular formula is C42H25N3. The highest BCUT2D eigenvalue weighted by Gasteiger charge is 2.19. The number of nitrogens with zero attached hydrogens (tertiary/aromatic N) is 3. The quantitative estimate of drug-likeness (QED) is 0.193. The maximum atomic E-state index is 5.34. The molecule has 3 heteroatoms. The molecule has 8 aromatic carbocycles. The van der Waals surface area contributed by atoms with Gasteiger partial charge in [0.15, 0.2) is 0 Å². The molecule has 0 fully saturated rings. The zero-order chi connectivity index (χ0) is 29.5. The molecule has 3 nitrogen and oxygen atoms in total. The van der Waals surface area contributed by atoms with Crippen LogP contribution in [-0.2, 0) is 0 Å². The van der Waals surface area contributed by atoms with Crippen molar-refractivity contribution in [1.82, 2.24) is 14.5 Å². The summed E-state index contributed by atoms with van der Waals surface area (Å²) in [4.78, 5) is 10.5. The van der Waals surface area contributed by atoms with Crippen LogP contribution in [0.25, 0.3) is 93.0 Å². The fourth-order valence-electron chi connectivity index (χ4n) is 7.32. The fraction of sp³-hybridized carbons (Fsp3) is 0. The molecule has 0 bridgehead atoms. The zero-order valence-corrected chi connectivity index (χ0v) is 24.3. The van der Waals surface area contributed by atoms with Crippen LogP contribution in [0.15, 0.2) is 152 Å². The second-order valence-corrected chi connectivity index (χ2v) is 11.8. The van der Waals surface area contributed by atoms with Gasteiger partial charge in [-0.15, -0.1) is 0 Å². The minimum Gasteiger partial charge on any atom is -0.278 e. The van der Waals surface area contributed by atoms with Gasteiger partial charge in [-0.2, -0.15) is 0 Å². The van der Waals surface area contributed by atoms with E-state index < -0.39 is 0 Å². The van der Waals surface area contributed by atoms with Gasteiger partial charge in [0.2, 0.25) is 5.95 Å². The molecule has 0 spiro atoms.